The van der Waals surface area contributed by atoms with Crippen molar-refractivity contribution >= 4 is 17.5 Å². The molecular weight excluding hydrogens is 266 g/mol. The first kappa shape index (κ1) is 13.7. The maximum Gasteiger partial charge on any atom is 0.238 e. The second-order valence-electron chi connectivity index (χ2n) is 4.78. The van der Waals surface area contributed by atoms with E-state index in [1.807, 2.05) is 0 Å². The second-order valence-corrected chi connectivity index (χ2v) is 5.19. The highest BCUT2D eigenvalue weighted by molar-refractivity contribution is 6.32. The van der Waals surface area contributed by atoms with Crippen LogP contribution in [0.1, 0.15) is 18.4 Å². The number of benzene rings is 1. The van der Waals surface area contributed by atoms with E-state index in [-0.39, 0.29) is 16.7 Å². The van der Waals surface area contributed by atoms with Gasteiger partial charge in [0.2, 0.25) is 5.91 Å². The number of amides is 1. The molecule has 2 rings (SSSR count). The van der Waals surface area contributed by atoms with E-state index >= 15 is 0 Å². The first-order valence-corrected chi connectivity index (χ1v) is 6.30. The third-order valence-electron chi connectivity index (χ3n) is 3.13. The highest BCUT2D eigenvalue weighted by Gasteiger charge is 2.45. The van der Waals surface area contributed by atoms with Crippen molar-refractivity contribution in [2.24, 2.45) is 5.73 Å². The van der Waals surface area contributed by atoms with Crippen LogP contribution in [-0.2, 0) is 11.2 Å². The Morgan fingerprint density at radius 1 is 1.63 bits per heavy atom. The van der Waals surface area contributed by atoms with Gasteiger partial charge < -0.3 is 16.2 Å². The van der Waals surface area contributed by atoms with Gasteiger partial charge in [0.15, 0.2) is 0 Å². The number of nitriles is 1. The third-order valence-corrected chi connectivity index (χ3v) is 3.43. The molecule has 0 aliphatic heterocycles. The molecule has 1 atom stereocenters. The highest BCUT2D eigenvalue weighted by atomic mass is 35.5. The zero-order valence-electron chi connectivity index (χ0n) is 10.2. The lowest BCUT2D eigenvalue weighted by atomic mass is 10.1. The molecular formula is C13H14ClN3O2. The maximum absolute atomic E-state index is 11.8. The molecule has 1 fully saturated rings. The van der Waals surface area contributed by atoms with Crippen LogP contribution in [0.25, 0.3) is 0 Å². The molecule has 1 aromatic rings. The predicted octanol–water partition coefficient (Wildman–Crippen LogP) is 1.09. The Bertz CT molecular complexity index is 549. The number of aromatic hydroxyl groups is 1. The summed E-state index contributed by atoms with van der Waals surface area (Å²) in [4.78, 5) is 11.8. The Kier molecular flexibility index (Phi) is 3.65. The topological polar surface area (TPSA) is 99.1 Å². The van der Waals surface area contributed by atoms with E-state index in [0.29, 0.717) is 19.3 Å². The zero-order valence-corrected chi connectivity index (χ0v) is 10.9. The van der Waals surface area contributed by atoms with Gasteiger partial charge in [0, 0.05) is 0 Å². The number of hydrogen-bond acceptors (Lipinski definition) is 4. The van der Waals surface area contributed by atoms with Crippen molar-refractivity contribution in [3.8, 4) is 11.8 Å². The Labute approximate surface area is 116 Å². The summed E-state index contributed by atoms with van der Waals surface area (Å²) in [6.07, 6.45) is 1.65. The largest absolute Gasteiger partial charge is 0.506 e. The third kappa shape index (κ3) is 3.16. The van der Waals surface area contributed by atoms with Gasteiger partial charge in [0.05, 0.1) is 17.1 Å². The fraction of sp³-hybridized carbons (Fsp3) is 0.385. The standard InChI is InChI=1S/C13H14ClN3O2/c14-9-5-8(1-2-11(9)18)6-10(16)12(19)17-13(7-15)3-4-13/h1-2,5,10,18H,3-4,6,16H2,(H,17,19)/t10-/m0/s1. The summed E-state index contributed by atoms with van der Waals surface area (Å²) in [5, 5.41) is 21.1. The molecule has 1 saturated carbocycles. The van der Waals surface area contributed by atoms with Crippen molar-refractivity contribution in [1.82, 2.24) is 5.32 Å². The van der Waals surface area contributed by atoms with Crippen molar-refractivity contribution in [2.45, 2.75) is 30.8 Å². The number of carbonyl (C=O) groups is 1. The van der Waals surface area contributed by atoms with Crippen molar-refractivity contribution in [3.63, 3.8) is 0 Å². The van der Waals surface area contributed by atoms with E-state index in [4.69, 9.17) is 22.6 Å². The van der Waals surface area contributed by atoms with Gasteiger partial charge in [-0.25, -0.2) is 0 Å². The maximum atomic E-state index is 11.8. The number of nitrogens with zero attached hydrogens (tertiary/aromatic N) is 1. The minimum atomic E-state index is -0.744. The molecule has 4 N–H and O–H groups in total. The van der Waals surface area contributed by atoms with Crippen LogP contribution in [0.4, 0.5) is 0 Å². The fourth-order valence-corrected chi connectivity index (χ4v) is 1.95. The number of phenolic OH excluding ortho intramolecular Hbond substituents is 1. The van der Waals surface area contributed by atoms with Gasteiger partial charge in [-0.05, 0) is 37.0 Å². The number of phenols is 1. The lowest BCUT2D eigenvalue weighted by molar-refractivity contribution is -0.122. The molecule has 0 spiro atoms. The monoisotopic (exact) mass is 279 g/mol. The highest BCUT2D eigenvalue weighted by Crippen LogP contribution is 2.34. The van der Waals surface area contributed by atoms with Crippen molar-refractivity contribution in [3.05, 3.63) is 28.8 Å². The van der Waals surface area contributed by atoms with E-state index in [1.54, 1.807) is 12.1 Å². The fourth-order valence-electron chi connectivity index (χ4n) is 1.74. The summed E-state index contributed by atoms with van der Waals surface area (Å²) in [6, 6.07) is 6.02. The van der Waals surface area contributed by atoms with Gasteiger partial charge >= 0.3 is 0 Å². The van der Waals surface area contributed by atoms with Gasteiger partial charge in [-0.1, -0.05) is 17.7 Å². The van der Waals surface area contributed by atoms with Gasteiger partial charge in [-0.2, -0.15) is 5.26 Å². The van der Waals surface area contributed by atoms with Crippen LogP contribution in [0.2, 0.25) is 5.02 Å². The molecule has 0 saturated heterocycles. The van der Waals surface area contributed by atoms with E-state index in [2.05, 4.69) is 11.4 Å². The Balaban J connectivity index is 1.97. The summed E-state index contributed by atoms with van der Waals surface area (Å²) in [7, 11) is 0. The average Bonchev–Trinajstić information content (AvgIpc) is 3.14. The SMILES string of the molecule is N#CC1(NC(=O)[C@@H](N)Cc2ccc(O)c(Cl)c2)CC1. The van der Waals surface area contributed by atoms with Crippen LogP contribution in [0.3, 0.4) is 0 Å². The zero-order chi connectivity index (χ0) is 14.0. The van der Waals surface area contributed by atoms with Crippen molar-refractivity contribution < 1.29 is 9.90 Å². The van der Waals surface area contributed by atoms with Crippen molar-refractivity contribution in [1.29, 1.82) is 5.26 Å². The predicted molar refractivity (Wildman–Crippen MR) is 70.5 cm³/mol. The molecule has 0 heterocycles. The Morgan fingerprint density at radius 2 is 2.32 bits per heavy atom. The molecule has 6 heteroatoms. The Hall–Kier alpha value is -1.77. The van der Waals surface area contributed by atoms with E-state index in [0.717, 1.165) is 5.56 Å². The number of halogens is 1. The van der Waals surface area contributed by atoms with Crippen LogP contribution in [0, 0.1) is 11.3 Å². The van der Waals surface area contributed by atoms with Gasteiger partial charge in [-0.3, -0.25) is 4.79 Å². The van der Waals surface area contributed by atoms with Crippen LogP contribution in [0.15, 0.2) is 18.2 Å². The molecule has 19 heavy (non-hydrogen) atoms. The molecule has 5 nitrogen and oxygen atoms in total. The molecule has 0 radical (unpaired) electrons. The van der Waals surface area contributed by atoms with Crippen molar-refractivity contribution in [2.75, 3.05) is 0 Å². The van der Waals surface area contributed by atoms with Gasteiger partial charge in [0.25, 0.3) is 0 Å². The van der Waals surface area contributed by atoms with E-state index in [1.165, 1.54) is 6.07 Å². The minimum Gasteiger partial charge on any atom is -0.506 e. The summed E-state index contributed by atoms with van der Waals surface area (Å²) >= 11 is 5.78. The lowest BCUT2D eigenvalue weighted by Gasteiger charge is -2.15. The summed E-state index contributed by atoms with van der Waals surface area (Å²) in [5.74, 6) is -0.354. The smallest absolute Gasteiger partial charge is 0.238 e. The van der Waals surface area contributed by atoms with Crippen LogP contribution >= 0.6 is 11.6 Å². The molecule has 0 unspecified atom stereocenters. The first-order chi connectivity index (χ1) is 8.96. The lowest BCUT2D eigenvalue weighted by Crippen LogP contribution is -2.47. The molecule has 0 bridgehead atoms. The number of nitrogens with one attached hydrogen (secondary N) is 1. The molecule has 100 valence electrons. The number of rotatable bonds is 4. The number of hydrogen-bond donors (Lipinski definition) is 3. The summed E-state index contributed by atoms with van der Waals surface area (Å²) in [6.45, 7) is 0. The van der Waals surface area contributed by atoms with Gasteiger partial charge in [-0.15, -0.1) is 0 Å². The Morgan fingerprint density at radius 3 is 2.84 bits per heavy atom. The second kappa shape index (κ2) is 5.08. The molecule has 1 aliphatic carbocycles. The van der Waals surface area contributed by atoms with Gasteiger partial charge in [0.1, 0.15) is 11.3 Å². The number of carbonyl (C=O) groups excluding carboxylic acids is 1. The van der Waals surface area contributed by atoms with Crippen LogP contribution < -0.4 is 11.1 Å². The molecule has 1 amide bonds. The number of nitrogens with two attached hydrogens (primary N) is 1. The summed E-state index contributed by atoms with van der Waals surface area (Å²) < 4.78 is 0. The van der Waals surface area contributed by atoms with E-state index < -0.39 is 11.6 Å². The quantitative estimate of drug-likeness (QED) is 0.768. The normalized spacial score (nSPS) is 17.3. The minimum absolute atomic E-state index is 0.00939. The molecule has 1 aliphatic rings. The molecule has 0 aromatic heterocycles. The molecule has 1 aromatic carbocycles. The van der Waals surface area contributed by atoms with Crippen LogP contribution in [0.5, 0.6) is 5.75 Å². The van der Waals surface area contributed by atoms with Crippen LogP contribution in [-0.4, -0.2) is 22.6 Å². The van der Waals surface area contributed by atoms with E-state index in [9.17, 15) is 9.90 Å². The average molecular weight is 280 g/mol. The summed E-state index contributed by atoms with van der Waals surface area (Å²) in [5.41, 5.74) is 5.85. The first-order valence-electron chi connectivity index (χ1n) is 5.92.